The monoisotopic (exact) mass is 326 g/mol. The number of hydrogen-bond acceptors (Lipinski definition) is 2. The molecule has 0 spiro atoms. The lowest BCUT2D eigenvalue weighted by molar-refractivity contribution is 0.419. The molecule has 0 atom stereocenters. The van der Waals surface area contributed by atoms with Crippen LogP contribution in [0.15, 0.2) is 6.08 Å². The van der Waals surface area contributed by atoms with Gasteiger partial charge in [0.2, 0.25) is 0 Å². The maximum Gasteiger partial charge on any atom is 0.0441 e. The number of anilines is 2. The Morgan fingerprint density at radius 1 is 0.750 bits per heavy atom. The van der Waals surface area contributed by atoms with Crippen molar-refractivity contribution in [3.63, 3.8) is 0 Å². The molecular weight excluding hydrogens is 292 g/mol. The van der Waals surface area contributed by atoms with Crippen molar-refractivity contribution in [2.24, 2.45) is 0 Å². The average Bonchev–Trinajstić information content (AvgIpc) is 2.63. The van der Waals surface area contributed by atoms with E-state index in [9.17, 15) is 0 Å². The summed E-state index contributed by atoms with van der Waals surface area (Å²) in [6.45, 7) is 4.20. The Bertz CT molecular complexity index is 603. The zero-order chi connectivity index (χ0) is 17.1. The van der Waals surface area contributed by atoms with Crippen LogP contribution < -0.4 is 11.5 Å². The summed E-state index contributed by atoms with van der Waals surface area (Å²) < 4.78 is 0. The number of hydrogen-bond donors (Lipinski definition) is 2. The first-order valence-corrected chi connectivity index (χ1v) is 9.99. The van der Waals surface area contributed by atoms with Crippen LogP contribution in [0.25, 0.3) is 6.08 Å². The third-order valence-corrected chi connectivity index (χ3v) is 6.33. The predicted molar refractivity (Wildman–Crippen MR) is 106 cm³/mol. The minimum Gasteiger partial charge on any atom is -0.398 e. The van der Waals surface area contributed by atoms with Gasteiger partial charge < -0.3 is 11.5 Å². The molecule has 0 aromatic heterocycles. The summed E-state index contributed by atoms with van der Waals surface area (Å²) in [6.07, 6.45) is 17.7. The third-order valence-electron chi connectivity index (χ3n) is 6.33. The Morgan fingerprint density at radius 3 is 1.75 bits per heavy atom. The van der Waals surface area contributed by atoms with Gasteiger partial charge in [-0.15, -0.1) is 0 Å². The number of rotatable bonds is 3. The summed E-state index contributed by atoms with van der Waals surface area (Å²) in [5.41, 5.74) is 20.5. The SMILES string of the molecule is CC=Cc1c(N)c(C)c(N)c(C2CCCCC2)c1C1CCCCC1. The first kappa shape index (κ1) is 17.4. The van der Waals surface area contributed by atoms with Crippen LogP contribution in [0.2, 0.25) is 0 Å². The van der Waals surface area contributed by atoms with E-state index in [1.807, 2.05) is 0 Å². The molecular formula is C22H34N2. The normalized spacial score (nSPS) is 20.8. The number of nitrogens with two attached hydrogens (primary N) is 2. The lowest BCUT2D eigenvalue weighted by Gasteiger charge is -2.33. The van der Waals surface area contributed by atoms with Gasteiger partial charge in [-0.05, 0) is 68.1 Å². The van der Waals surface area contributed by atoms with Crippen molar-refractivity contribution in [1.29, 1.82) is 0 Å². The van der Waals surface area contributed by atoms with Gasteiger partial charge in [0.1, 0.15) is 0 Å². The van der Waals surface area contributed by atoms with E-state index in [1.165, 1.54) is 80.9 Å². The largest absolute Gasteiger partial charge is 0.398 e. The molecule has 2 aliphatic rings. The van der Waals surface area contributed by atoms with Gasteiger partial charge in [-0.2, -0.15) is 0 Å². The Balaban J connectivity index is 2.19. The molecule has 2 fully saturated rings. The summed E-state index contributed by atoms with van der Waals surface area (Å²) in [6, 6.07) is 0. The molecule has 2 nitrogen and oxygen atoms in total. The molecule has 2 heteroatoms. The Labute approximate surface area is 147 Å². The molecule has 0 saturated heterocycles. The number of nitrogen functional groups attached to an aromatic ring is 2. The van der Waals surface area contributed by atoms with Crippen LogP contribution in [0.3, 0.4) is 0 Å². The van der Waals surface area contributed by atoms with E-state index in [2.05, 4.69) is 26.0 Å². The highest BCUT2D eigenvalue weighted by molar-refractivity contribution is 5.80. The number of allylic oxidation sites excluding steroid dienone is 1. The summed E-state index contributed by atoms with van der Waals surface area (Å²) in [7, 11) is 0. The first-order valence-electron chi connectivity index (χ1n) is 9.99. The second kappa shape index (κ2) is 7.63. The fourth-order valence-corrected chi connectivity index (χ4v) is 4.99. The third kappa shape index (κ3) is 3.20. The van der Waals surface area contributed by atoms with Crippen LogP contribution >= 0.6 is 0 Å². The van der Waals surface area contributed by atoms with Gasteiger partial charge in [0.15, 0.2) is 0 Å². The van der Waals surface area contributed by atoms with E-state index in [0.717, 1.165) is 16.9 Å². The fraction of sp³-hybridized carbons (Fsp3) is 0.636. The van der Waals surface area contributed by atoms with Gasteiger partial charge in [0.05, 0.1) is 0 Å². The van der Waals surface area contributed by atoms with Crippen molar-refractivity contribution in [3.8, 4) is 0 Å². The van der Waals surface area contributed by atoms with Crippen molar-refractivity contribution in [2.45, 2.75) is 89.9 Å². The highest BCUT2D eigenvalue weighted by atomic mass is 14.6. The molecule has 2 aliphatic carbocycles. The highest BCUT2D eigenvalue weighted by Crippen LogP contribution is 2.48. The summed E-state index contributed by atoms with van der Waals surface area (Å²) in [5, 5.41) is 0. The maximum absolute atomic E-state index is 6.68. The molecule has 4 N–H and O–H groups in total. The van der Waals surface area contributed by atoms with Crippen molar-refractivity contribution >= 4 is 17.5 Å². The molecule has 3 rings (SSSR count). The van der Waals surface area contributed by atoms with Gasteiger partial charge in [0, 0.05) is 16.9 Å². The van der Waals surface area contributed by atoms with E-state index < -0.39 is 0 Å². The van der Waals surface area contributed by atoms with Crippen molar-refractivity contribution in [1.82, 2.24) is 0 Å². The molecule has 0 heterocycles. The minimum absolute atomic E-state index is 0.638. The van der Waals surface area contributed by atoms with Crippen LogP contribution in [-0.2, 0) is 0 Å². The zero-order valence-electron chi connectivity index (χ0n) is 15.5. The maximum atomic E-state index is 6.68. The van der Waals surface area contributed by atoms with Gasteiger partial charge in [-0.1, -0.05) is 50.7 Å². The van der Waals surface area contributed by atoms with E-state index >= 15 is 0 Å². The fourth-order valence-electron chi connectivity index (χ4n) is 4.99. The molecule has 1 aromatic rings. The number of benzene rings is 1. The first-order chi connectivity index (χ1) is 11.6. The van der Waals surface area contributed by atoms with Crippen LogP contribution in [0.1, 0.15) is 105 Å². The highest BCUT2D eigenvalue weighted by Gasteiger charge is 2.29. The van der Waals surface area contributed by atoms with E-state index in [4.69, 9.17) is 11.5 Å². The minimum atomic E-state index is 0.638. The smallest absolute Gasteiger partial charge is 0.0441 e. The van der Waals surface area contributed by atoms with E-state index in [0.29, 0.717) is 11.8 Å². The molecule has 0 radical (unpaired) electrons. The molecule has 0 bridgehead atoms. The molecule has 132 valence electrons. The molecule has 24 heavy (non-hydrogen) atoms. The zero-order valence-corrected chi connectivity index (χ0v) is 15.5. The van der Waals surface area contributed by atoms with Crippen LogP contribution in [0.4, 0.5) is 11.4 Å². The van der Waals surface area contributed by atoms with Crippen molar-refractivity contribution < 1.29 is 0 Å². The van der Waals surface area contributed by atoms with E-state index in [1.54, 1.807) is 0 Å². The Morgan fingerprint density at radius 2 is 1.25 bits per heavy atom. The van der Waals surface area contributed by atoms with Crippen LogP contribution in [0.5, 0.6) is 0 Å². The van der Waals surface area contributed by atoms with Crippen LogP contribution in [0, 0.1) is 6.92 Å². The summed E-state index contributed by atoms with van der Waals surface area (Å²) >= 11 is 0. The standard InChI is InChI=1S/C22H34N2/c1-3-10-18-19(16-11-6-4-7-12-16)20(17-13-8-5-9-14-17)22(24)15(2)21(18)23/h3,10,16-17H,4-9,11-14,23-24H2,1-2H3. The van der Waals surface area contributed by atoms with Gasteiger partial charge in [-0.25, -0.2) is 0 Å². The quantitative estimate of drug-likeness (QED) is 0.641. The molecule has 0 unspecified atom stereocenters. The van der Waals surface area contributed by atoms with E-state index in [-0.39, 0.29) is 0 Å². The van der Waals surface area contributed by atoms with Gasteiger partial charge in [0.25, 0.3) is 0 Å². The second-order valence-corrected chi connectivity index (χ2v) is 7.86. The molecule has 0 amide bonds. The predicted octanol–water partition coefficient (Wildman–Crippen LogP) is 6.29. The second-order valence-electron chi connectivity index (χ2n) is 7.86. The lowest BCUT2D eigenvalue weighted by Crippen LogP contribution is -2.18. The molecule has 1 aromatic carbocycles. The van der Waals surface area contributed by atoms with Crippen molar-refractivity contribution in [3.05, 3.63) is 28.3 Å². The molecule has 0 aliphatic heterocycles. The Hall–Kier alpha value is -1.44. The summed E-state index contributed by atoms with van der Waals surface area (Å²) in [5.74, 6) is 1.28. The van der Waals surface area contributed by atoms with Gasteiger partial charge >= 0.3 is 0 Å². The lowest BCUT2D eigenvalue weighted by atomic mass is 9.72. The molecule has 2 saturated carbocycles. The van der Waals surface area contributed by atoms with Crippen molar-refractivity contribution in [2.75, 3.05) is 11.5 Å². The Kier molecular flexibility index (Phi) is 5.53. The average molecular weight is 327 g/mol. The summed E-state index contributed by atoms with van der Waals surface area (Å²) in [4.78, 5) is 0. The van der Waals surface area contributed by atoms with Crippen LogP contribution in [-0.4, -0.2) is 0 Å². The topological polar surface area (TPSA) is 52.0 Å². The van der Waals surface area contributed by atoms with Gasteiger partial charge in [-0.3, -0.25) is 0 Å².